The quantitative estimate of drug-likeness (QED) is 0.656. The van der Waals surface area contributed by atoms with E-state index in [0.29, 0.717) is 6.54 Å². The molecule has 0 fully saturated rings. The Morgan fingerprint density at radius 2 is 2.18 bits per heavy atom. The lowest BCUT2D eigenvalue weighted by atomic mass is 10.2. The Balaban J connectivity index is 2.89. The fourth-order valence-corrected chi connectivity index (χ4v) is 1.35. The van der Waals surface area contributed by atoms with Gasteiger partial charge in [0.25, 0.3) is 0 Å². The van der Waals surface area contributed by atoms with E-state index in [0.717, 1.165) is 10.9 Å². The molecule has 1 aromatic rings. The highest BCUT2D eigenvalue weighted by Crippen LogP contribution is 2.03. The zero-order valence-electron chi connectivity index (χ0n) is 6.39. The molecule has 0 aliphatic rings. The van der Waals surface area contributed by atoms with Crippen molar-refractivity contribution in [2.45, 2.75) is 6.54 Å². The highest BCUT2D eigenvalue weighted by molar-refractivity contribution is 7.27. The van der Waals surface area contributed by atoms with Crippen LogP contribution in [-0.4, -0.2) is 7.05 Å². The Morgan fingerprint density at radius 3 is 2.73 bits per heavy atom. The van der Waals surface area contributed by atoms with Crippen LogP contribution in [0.1, 0.15) is 5.56 Å². The van der Waals surface area contributed by atoms with Gasteiger partial charge in [-0.15, -0.1) is 9.24 Å². The molecule has 11 heavy (non-hydrogen) atoms. The van der Waals surface area contributed by atoms with E-state index in [2.05, 4.69) is 14.6 Å². The van der Waals surface area contributed by atoms with Gasteiger partial charge in [0, 0.05) is 6.54 Å². The normalized spacial score (nSPS) is 10.1. The first-order valence-corrected chi connectivity index (χ1v) is 3.99. The molecule has 0 spiro atoms. The molecule has 0 saturated heterocycles. The molecule has 0 aromatic heterocycles. The second-order valence-corrected chi connectivity index (χ2v) is 3.09. The van der Waals surface area contributed by atoms with Crippen LogP contribution in [-0.2, 0) is 6.54 Å². The van der Waals surface area contributed by atoms with Gasteiger partial charge in [0.1, 0.15) is 5.82 Å². The molecule has 1 rings (SSSR count). The molecule has 0 bridgehead atoms. The Morgan fingerprint density at radius 1 is 1.45 bits per heavy atom. The van der Waals surface area contributed by atoms with Crippen molar-refractivity contribution in [3.8, 4) is 0 Å². The Bertz CT molecular complexity index is 230. The Hall–Kier alpha value is -0.460. The number of nitrogens with one attached hydrogen (secondary N) is 1. The fraction of sp³-hybridized carbons (Fsp3) is 0.250. The molecule has 3 heteroatoms. The predicted octanol–water partition coefficient (Wildman–Crippen LogP) is 1.05. The van der Waals surface area contributed by atoms with E-state index in [1.54, 1.807) is 0 Å². The molecule has 1 aromatic carbocycles. The minimum atomic E-state index is -0.178. The van der Waals surface area contributed by atoms with Crippen LogP contribution in [0.15, 0.2) is 18.2 Å². The average Bonchev–Trinajstić information content (AvgIpc) is 1.85. The van der Waals surface area contributed by atoms with Gasteiger partial charge in [0.2, 0.25) is 0 Å². The van der Waals surface area contributed by atoms with Crippen molar-refractivity contribution in [2.75, 3.05) is 7.05 Å². The van der Waals surface area contributed by atoms with Crippen LogP contribution < -0.4 is 10.6 Å². The van der Waals surface area contributed by atoms with Crippen molar-refractivity contribution in [3.63, 3.8) is 0 Å². The van der Waals surface area contributed by atoms with Gasteiger partial charge in [-0.3, -0.25) is 0 Å². The average molecular weight is 171 g/mol. The van der Waals surface area contributed by atoms with Gasteiger partial charge in [0.05, 0.1) is 0 Å². The van der Waals surface area contributed by atoms with E-state index in [9.17, 15) is 4.39 Å². The van der Waals surface area contributed by atoms with E-state index < -0.39 is 0 Å². The summed E-state index contributed by atoms with van der Waals surface area (Å²) in [6.07, 6.45) is 0. The molecule has 1 N–H and O–H groups in total. The van der Waals surface area contributed by atoms with Crippen LogP contribution in [0.4, 0.5) is 4.39 Å². The van der Waals surface area contributed by atoms with Crippen molar-refractivity contribution in [1.82, 2.24) is 5.32 Å². The van der Waals surface area contributed by atoms with Crippen LogP contribution >= 0.6 is 9.24 Å². The van der Waals surface area contributed by atoms with Gasteiger partial charge in [-0.25, -0.2) is 4.39 Å². The van der Waals surface area contributed by atoms with Crippen molar-refractivity contribution in [3.05, 3.63) is 29.6 Å². The zero-order valence-corrected chi connectivity index (χ0v) is 7.55. The minimum Gasteiger partial charge on any atom is -0.316 e. The maximum Gasteiger partial charge on any atom is 0.124 e. The van der Waals surface area contributed by atoms with E-state index in [1.807, 2.05) is 13.1 Å². The minimum absolute atomic E-state index is 0.178. The van der Waals surface area contributed by atoms with E-state index in [4.69, 9.17) is 0 Å². The van der Waals surface area contributed by atoms with Gasteiger partial charge >= 0.3 is 0 Å². The van der Waals surface area contributed by atoms with Gasteiger partial charge in [-0.05, 0) is 30.0 Å². The largest absolute Gasteiger partial charge is 0.316 e. The molecule has 0 saturated carbocycles. The van der Waals surface area contributed by atoms with Gasteiger partial charge in [-0.1, -0.05) is 6.07 Å². The lowest BCUT2D eigenvalue weighted by Gasteiger charge is -2.01. The predicted molar refractivity (Wildman–Crippen MR) is 48.5 cm³/mol. The third-order valence-corrected chi connectivity index (χ3v) is 1.69. The number of hydrogen-bond donors (Lipinski definition) is 1. The summed E-state index contributed by atoms with van der Waals surface area (Å²) in [6, 6.07) is 4.96. The SMILES string of the molecule is CNCc1cc(F)cc(P)c1. The van der Waals surface area contributed by atoms with Crippen molar-refractivity contribution in [2.24, 2.45) is 0 Å². The summed E-state index contributed by atoms with van der Waals surface area (Å²) < 4.78 is 12.7. The number of hydrogen-bond acceptors (Lipinski definition) is 1. The molecule has 1 nitrogen and oxygen atoms in total. The summed E-state index contributed by atoms with van der Waals surface area (Å²) in [7, 11) is 4.32. The third-order valence-electron chi connectivity index (χ3n) is 1.36. The first-order chi connectivity index (χ1) is 5.22. The van der Waals surface area contributed by atoms with Crippen LogP contribution in [0.2, 0.25) is 0 Å². The highest BCUT2D eigenvalue weighted by Gasteiger charge is 1.95. The molecule has 0 aliphatic heterocycles. The van der Waals surface area contributed by atoms with Crippen LogP contribution in [0.3, 0.4) is 0 Å². The van der Waals surface area contributed by atoms with Crippen LogP contribution in [0, 0.1) is 5.82 Å². The summed E-state index contributed by atoms with van der Waals surface area (Å²) >= 11 is 0. The van der Waals surface area contributed by atoms with Crippen LogP contribution in [0.5, 0.6) is 0 Å². The van der Waals surface area contributed by atoms with E-state index in [1.165, 1.54) is 12.1 Å². The molecule has 1 unspecified atom stereocenters. The molecule has 0 radical (unpaired) electrons. The molecule has 0 amide bonds. The third kappa shape index (κ3) is 2.57. The first kappa shape index (κ1) is 8.63. The van der Waals surface area contributed by atoms with Crippen molar-refractivity contribution >= 4 is 14.5 Å². The van der Waals surface area contributed by atoms with E-state index >= 15 is 0 Å². The fourth-order valence-electron chi connectivity index (χ4n) is 0.982. The summed E-state index contributed by atoms with van der Waals surface area (Å²) in [5, 5.41) is 3.85. The summed E-state index contributed by atoms with van der Waals surface area (Å²) in [5.74, 6) is -0.178. The summed E-state index contributed by atoms with van der Waals surface area (Å²) in [5.41, 5.74) is 0.970. The van der Waals surface area contributed by atoms with E-state index in [-0.39, 0.29) is 5.82 Å². The topological polar surface area (TPSA) is 12.0 Å². The molecule has 1 atom stereocenters. The highest BCUT2D eigenvalue weighted by atomic mass is 31.0. The molecule has 0 heterocycles. The van der Waals surface area contributed by atoms with Gasteiger partial charge < -0.3 is 5.32 Å². The molecule has 60 valence electrons. The summed E-state index contributed by atoms with van der Waals surface area (Å²) in [4.78, 5) is 0. The number of benzene rings is 1. The van der Waals surface area contributed by atoms with Crippen molar-refractivity contribution in [1.29, 1.82) is 0 Å². The lowest BCUT2D eigenvalue weighted by Crippen LogP contribution is -2.07. The molecular weight excluding hydrogens is 160 g/mol. The Kier molecular flexibility index (Phi) is 2.98. The molecular formula is C8H11FNP. The lowest BCUT2D eigenvalue weighted by molar-refractivity contribution is 0.625. The van der Waals surface area contributed by atoms with Gasteiger partial charge in [0.15, 0.2) is 0 Å². The molecule has 0 aliphatic carbocycles. The maximum absolute atomic E-state index is 12.7. The second kappa shape index (κ2) is 3.80. The first-order valence-electron chi connectivity index (χ1n) is 3.42. The van der Waals surface area contributed by atoms with Crippen LogP contribution in [0.25, 0.3) is 0 Å². The van der Waals surface area contributed by atoms with Gasteiger partial charge in [-0.2, -0.15) is 0 Å². The standard InChI is InChI=1S/C8H11FNP/c1-10-5-6-2-7(9)4-8(11)3-6/h2-4,10H,5,11H2,1H3. The zero-order chi connectivity index (χ0) is 8.27. The number of rotatable bonds is 2. The maximum atomic E-state index is 12.7. The second-order valence-electron chi connectivity index (χ2n) is 2.42. The smallest absolute Gasteiger partial charge is 0.124 e. The monoisotopic (exact) mass is 171 g/mol. The number of halogens is 1. The summed E-state index contributed by atoms with van der Waals surface area (Å²) in [6.45, 7) is 0.708. The Labute approximate surface area is 68.2 Å². The van der Waals surface area contributed by atoms with Crippen molar-refractivity contribution < 1.29 is 4.39 Å².